The molecule has 0 unspecified atom stereocenters. The summed E-state index contributed by atoms with van der Waals surface area (Å²) in [6.45, 7) is 14.1. The maximum absolute atomic E-state index is 13.0. The Morgan fingerprint density at radius 1 is 1.11 bits per heavy atom. The lowest BCUT2D eigenvalue weighted by Gasteiger charge is -2.33. The molecule has 1 aliphatic rings. The predicted molar refractivity (Wildman–Crippen MR) is 146 cm³/mol. The fourth-order valence-electron chi connectivity index (χ4n) is 4.58. The number of aryl methyl sites for hydroxylation is 2. The molecule has 1 aromatic carbocycles. The lowest BCUT2D eigenvalue weighted by molar-refractivity contribution is 0.0184. The topological polar surface area (TPSA) is 104 Å². The number of pyridine rings is 1. The molecule has 2 amide bonds. The fraction of sp³-hybridized carbons (Fsp3) is 0.536. The summed E-state index contributed by atoms with van der Waals surface area (Å²) in [4.78, 5) is 42.1. The first-order valence-electron chi connectivity index (χ1n) is 12.8. The Labute approximate surface area is 224 Å². The van der Waals surface area contributed by atoms with Gasteiger partial charge in [0.15, 0.2) is 0 Å². The van der Waals surface area contributed by atoms with Gasteiger partial charge in [-0.1, -0.05) is 11.6 Å². The van der Waals surface area contributed by atoms with Crippen LogP contribution in [0, 0.1) is 26.7 Å². The van der Waals surface area contributed by atoms with Crippen LogP contribution in [0.3, 0.4) is 0 Å². The standard InChI is InChI=1S/C28H39ClN4O4/c1-17-11-18(2)32-26(35)24(17)16-31-25(34)23-13-22(29)12-21(19(23)3)15-30-14-20-7-9-33(10-8-20)27(36)37-28(4,5)6/h11-13,20,30H,7-10,14-16H2,1-6H3,(H,31,34)(H,32,35). The number of hydrogen-bond donors (Lipinski definition) is 3. The SMILES string of the molecule is Cc1cc(C)c(CNC(=O)c2cc(Cl)cc(CNCC3CCN(C(=O)OC(C)(C)C)CC3)c2C)c(=O)[nH]1. The summed E-state index contributed by atoms with van der Waals surface area (Å²) in [5.41, 5.74) is 3.78. The smallest absolute Gasteiger partial charge is 0.410 e. The Morgan fingerprint density at radius 3 is 2.41 bits per heavy atom. The molecular weight excluding hydrogens is 492 g/mol. The van der Waals surface area contributed by atoms with Gasteiger partial charge in [-0.05, 0) is 102 Å². The molecule has 0 atom stereocenters. The Balaban J connectivity index is 1.54. The van der Waals surface area contributed by atoms with Crippen molar-refractivity contribution in [2.75, 3.05) is 19.6 Å². The van der Waals surface area contributed by atoms with Gasteiger partial charge in [0.25, 0.3) is 11.5 Å². The first-order chi connectivity index (χ1) is 17.3. The number of benzene rings is 1. The van der Waals surface area contributed by atoms with Gasteiger partial charge in [0.05, 0.1) is 0 Å². The number of hydrogen-bond acceptors (Lipinski definition) is 5. The van der Waals surface area contributed by atoms with Crippen LogP contribution in [0.25, 0.3) is 0 Å². The molecule has 1 aromatic heterocycles. The molecule has 0 bridgehead atoms. The number of piperidine rings is 1. The minimum absolute atomic E-state index is 0.141. The van der Waals surface area contributed by atoms with Gasteiger partial charge < -0.3 is 25.3 Å². The molecule has 202 valence electrons. The third-order valence-electron chi connectivity index (χ3n) is 6.66. The number of amides is 2. The third kappa shape index (κ3) is 8.07. The molecule has 3 N–H and O–H groups in total. The van der Waals surface area contributed by atoms with Crippen LogP contribution in [-0.4, -0.2) is 47.1 Å². The highest BCUT2D eigenvalue weighted by Gasteiger charge is 2.26. The maximum atomic E-state index is 13.0. The predicted octanol–water partition coefficient (Wildman–Crippen LogP) is 4.62. The third-order valence-corrected chi connectivity index (χ3v) is 6.88. The van der Waals surface area contributed by atoms with Crippen molar-refractivity contribution in [3.05, 3.63) is 67.1 Å². The van der Waals surface area contributed by atoms with E-state index in [4.69, 9.17) is 16.3 Å². The van der Waals surface area contributed by atoms with Crippen molar-refractivity contribution in [2.45, 2.75) is 73.1 Å². The molecule has 0 aliphatic carbocycles. The van der Waals surface area contributed by atoms with E-state index < -0.39 is 5.60 Å². The Kier molecular flexibility index (Phi) is 9.42. The highest BCUT2D eigenvalue weighted by Crippen LogP contribution is 2.22. The van der Waals surface area contributed by atoms with Crippen molar-refractivity contribution >= 4 is 23.6 Å². The number of aromatic nitrogens is 1. The first-order valence-corrected chi connectivity index (χ1v) is 13.2. The van der Waals surface area contributed by atoms with Crippen LogP contribution in [-0.2, 0) is 17.8 Å². The average molecular weight is 531 g/mol. The van der Waals surface area contributed by atoms with E-state index in [2.05, 4.69) is 15.6 Å². The van der Waals surface area contributed by atoms with Crippen LogP contribution < -0.4 is 16.2 Å². The van der Waals surface area contributed by atoms with E-state index in [-0.39, 0.29) is 24.1 Å². The quantitative estimate of drug-likeness (QED) is 0.484. The number of nitrogens with one attached hydrogen (secondary N) is 3. The molecular formula is C28H39ClN4O4. The molecule has 1 aliphatic heterocycles. The van der Waals surface area contributed by atoms with E-state index in [1.807, 2.05) is 53.7 Å². The number of likely N-dealkylation sites (tertiary alicyclic amines) is 1. The highest BCUT2D eigenvalue weighted by molar-refractivity contribution is 6.31. The van der Waals surface area contributed by atoms with Gasteiger partial charge in [0.2, 0.25) is 0 Å². The normalized spacial score (nSPS) is 14.5. The van der Waals surface area contributed by atoms with Gasteiger partial charge in [0, 0.05) is 48.0 Å². The summed E-state index contributed by atoms with van der Waals surface area (Å²) in [5.74, 6) is 0.187. The van der Waals surface area contributed by atoms with E-state index >= 15 is 0 Å². The summed E-state index contributed by atoms with van der Waals surface area (Å²) >= 11 is 6.36. The highest BCUT2D eigenvalue weighted by atomic mass is 35.5. The van der Waals surface area contributed by atoms with Crippen molar-refractivity contribution in [1.82, 2.24) is 20.5 Å². The molecule has 2 heterocycles. The number of carbonyl (C=O) groups excluding carboxylic acids is 2. The average Bonchev–Trinajstić information content (AvgIpc) is 2.79. The van der Waals surface area contributed by atoms with Crippen LogP contribution in [0.4, 0.5) is 4.79 Å². The number of halogens is 1. The van der Waals surface area contributed by atoms with E-state index in [0.717, 1.165) is 41.8 Å². The van der Waals surface area contributed by atoms with Crippen LogP contribution in [0.5, 0.6) is 0 Å². The molecule has 0 spiro atoms. The van der Waals surface area contributed by atoms with Crippen LogP contribution in [0.15, 0.2) is 23.0 Å². The minimum atomic E-state index is -0.489. The molecule has 37 heavy (non-hydrogen) atoms. The van der Waals surface area contributed by atoms with Crippen molar-refractivity contribution < 1.29 is 14.3 Å². The molecule has 1 saturated heterocycles. The van der Waals surface area contributed by atoms with E-state index in [1.165, 1.54) is 0 Å². The second kappa shape index (κ2) is 12.1. The number of aromatic amines is 1. The zero-order valence-corrected chi connectivity index (χ0v) is 23.5. The van der Waals surface area contributed by atoms with Gasteiger partial charge in [-0.15, -0.1) is 0 Å². The Hall–Kier alpha value is -2.84. The number of nitrogens with zero attached hydrogens (tertiary/aromatic N) is 1. The van der Waals surface area contributed by atoms with Crippen molar-refractivity contribution in [3.8, 4) is 0 Å². The second-order valence-electron chi connectivity index (χ2n) is 10.9. The Morgan fingerprint density at radius 2 is 1.78 bits per heavy atom. The van der Waals surface area contributed by atoms with Gasteiger partial charge in [-0.3, -0.25) is 9.59 Å². The monoisotopic (exact) mass is 530 g/mol. The lowest BCUT2D eigenvalue weighted by Crippen LogP contribution is -2.43. The number of ether oxygens (including phenoxy) is 1. The van der Waals surface area contributed by atoms with Crippen LogP contribution in [0.2, 0.25) is 5.02 Å². The molecule has 9 heteroatoms. The maximum Gasteiger partial charge on any atom is 0.410 e. The van der Waals surface area contributed by atoms with Gasteiger partial charge in [-0.2, -0.15) is 0 Å². The molecule has 1 fully saturated rings. The van der Waals surface area contributed by atoms with Gasteiger partial charge in [-0.25, -0.2) is 4.79 Å². The van der Waals surface area contributed by atoms with E-state index in [9.17, 15) is 14.4 Å². The summed E-state index contributed by atoms with van der Waals surface area (Å²) in [6, 6.07) is 5.42. The van der Waals surface area contributed by atoms with Crippen molar-refractivity contribution in [1.29, 1.82) is 0 Å². The molecule has 2 aromatic rings. The largest absolute Gasteiger partial charge is 0.444 e. The van der Waals surface area contributed by atoms with Crippen LogP contribution in [0.1, 0.15) is 71.9 Å². The summed E-state index contributed by atoms with van der Waals surface area (Å²) in [5, 5.41) is 6.85. The second-order valence-corrected chi connectivity index (χ2v) is 11.3. The molecule has 3 rings (SSSR count). The molecule has 8 nitrogen and oxygen atoms in total. The fourth-order valence-corrected chi connectivity index (χ4v) is 4.82. The van der Waals surface area contributed by atoms with Gasteiger partial charge >= 0.3 is 6.09 Å². The zero-order chi connectivity index (χ0) is 27.3. The van der Waals surface area contributed by atoms with Gasteiger partial charge in [0.1, 0.15) is 5.60 Å². The zero-order valence-electron chi connectivity index (χ0n) is 22.7. The molecule has 0 saturated carbocycles. The number of H-pyrrole nitrogens is 1. The van der Waals surface area contributed by atoms with Crippen LogP contribution >= 0.6 is 11.6 Å². The summed E-state index contributed by atoms with van der Waals surface area (Å²) in [6.07, 6.45) is 1.57. The van der Waals surface area contributed by atoms with E-state index in [0.29, 0.717) is 41.7 Å². The number of carbonyl (C=O) groups is 2. The number of rotatable bonds is 7. The summed E-state index contributed by atoms with van der Waals surface area (Å²) in [7, 11) is 0. The van der Waals surface area contributed by atoms with Crippen molar-refractivity contribution in [2.24, 2.45) is 5.92 Å². The molecule has 0 radical (unpaired) electrons. The first kappa shape index (κ1) is 28.7. The Bertz CT molecular complexity index is 1190. The van der Waals surface area contributed by atoms with Crippen molar-refractivity contribution in [3.63, 3.8) is 0 Å². The lowest BCUT2D eigenvalue weighted by atomic mass is 9.96. The summed E-state index contributed by atoms with van der Waals surface area (Å²) < 4.78 is 5.47. The minimum Gasteiger partial charge on any atom is -0.444 e. The van der Waals surface area contributed by atoms with E-state index in [1.54, 1.807) is 11.0 Å².